The first-order valence-corrected chi connectivity index (χ1v) is 8.67. The van der Waals surface area contributed by atoms with E-state index in [1.54, 1.807) is 56.9 Å². The maximum absolute atomic E-state index is 12.1. The van der Waals surface area contributed by atoms with Crippen LogP contribution in [0.4, 0.5) is 0 Å². The molecule has 0 saturated carbocycles. The molecule has 1 amide bonds. The lowest BCUT2D eigenvalue weighted by Crippen LogP contribution is -2.29. The van der Waals surface area contributed by atoms with Crippen molar-refractivity contribution in [2.24, 2.45) is 0 Å². The Balaban J connectivity index is 1.42. The molecule has 0 aliphatic carbocycles. The molecule has 3 rings (SSSR count). The largest absolute Gasteiger partial charge is 0.493 e. The molecule has 2 heterocycles. The van der Waals surface area contributed by atoms with E-state index in [1.165, 1.54) is 0 Å². The fourth-order valence-electron chi connectivity index (χ4n) is 2.54. The summed E-state index contributed by atoms with van der Waals surface area (Å²) in [4.78, 5) is 12.1. The number of nitrogens with zero attached hydrogens (tertiary/aromatic N) is 2. The molecule has 0 spiro atoms. The van der Waals surface area contributed by atoms with E-state index in [2.05, 4.69) is 15.5 Å². The SMILES string of the molecule is COc1ccc(CC(=O)NCCOc2ccc(-c3ccco3)nn2)cc1OC. The molecule has 0 radical (unpaired) electrons. The summed E-state index contributed by atoms with van der Waals surface area (Å²) in [5.74, 6) is 2.12. The summed E-state index contributed by atoms with van der Waals surface area (Å²) < 4.78 is 21.2. The molecule has 1 N–H and O–H groups in total. The number of benzene rings is 1. The first-order chi connectivity index (χ1) is 13.7. The van der Waals surface area contributed by atoms with Crippen LogP contribution in [0.15, 0.2) is 53.1 Å². The molecule has 3 aromatic rings. The summed E-state index contributed by atoms with van der Waals surface area (Å²) in [6.45, 7) is 0.639. The minimum absolute atomic E-state index is 0.116. The third-order valence-electron chi connectivity index (χ3n) is 3.90. The van der Waals surface area contributed by atoms with Crippen LogP contribution in [0, 0.1) is 0 Å². The van der Waals surface area contributed by atoms with Gasteiger partial charge in [-0.3, -0.25) is 4.79 Å². The Kier molecular flexibility index (Phi) is 6.46. The van der Waals surface area contributed by atoms with Crippen LogP contribution in [-0.4, -0.2) is 43.5 Å². The number of methoxy groups -OCH3 is 2. The van der Waals surface area contributed by atoms with Gasteiger partial charge in [0.15, 0.2) is 17.3 Å². The normalized spacial score (nSPS) is 10.4. The van der Waals surface area contributed by atoms with Gasteiger partial charge in [-0.2, -0.15) is 0 Å². The second kappa shape index (κ2) is 9.40. The number of hydrogen-bond acceptors (Lipinski definition) is 7. The lowest BCUT2D eigenvalue weighted by molar-refractivity contribution is -0.120. The molecule has 0 aliphatic rings. The first kappa shape index (κ1) is 19.2. The molecule has 0 aliphatic heterocycles. The number of furan rings is 1. The Bertz CT molecular complexity index is 895. The molecular formula is C20H21N3O5. The molecule has 0 fully saturated rings. The van der Waals surface area contributed by atoms with Gasteiger partial charge in [0.1, 0.15) is 12.3 Å². The molecule has 0 saturated heterocycles. The van der Waals surface area contributed by atoms with Crippen molar-refractivity contribution in [3.63, 3.8) is 0 Å². The fourth-order valence-corrected chi connectivity index (χ4v) is 2.54. The van der Waals surface area contributed by atoms with E-state index in [0.717, 1.165) is 5.56 Å². The Morgan fingerprint density at radius 3 is 2.61 bits per heavy atom. The lowest BCUT2D eigenvalue weighted by atomic mass is 10.1. The average Bonchev–Trinajstić information content (AvgIpc) is 3.26. The molecule has 8 heteroatoms. The van der Waals surface area contributed by atoms with Gasteiger partial charge in [0.25, 0.3) is 0 Å². The number of ether oxygens (including phenoxy) is 3. The van der Waals surface area contributed by atoms with Gasteiger partial charge in [0.2, 0.25) is 11.8 Å². The highest BCUT2D eigenvalue weighted by atomic mass is 16.5. The number of nitrogens with one attached hydrogen (secondary N) is 1. The van der Waals surface area contributed by atoms with Crippen LogP contribution in [0.1, 0.15) is 5.56 Å². The summed E-state index contributed by atoms with van der Waals surface area (Å²) in [5.41, 5.74) is 1.45. The van der Waals surface area contributed by atoms with Crippen molar-refractivity contribution >= 4 is 5.91 Å². The topological polar surface area (TPSA) is 95.7 Å². The summed E-state index contributed by atoms with van der Waals surface area (Å²) in [5, 5.41) is 10.8. The Hall–Kier alpha value is -3.55. The minimum atomic E-state index is -0.116. The first-order valence-electron chi connectivity index (χ1n) is 8.67. The van der Waals surface area contributed by atoms with Gasteiger partial charge >= 0.3 is 0 Å². The average molecular weight is 383 g/mol. The van der Waals surface area contributed by atoms with Crippen LogP contribution >= 0.6 is 0 Å². The van der Waals surface area contributed by atoms with Gasteiger partial charge in [0, 0.05) is 6.07 Å². The fraction of sp³-hybridized carbons (Fsp3) is 0.250. The smallest absolute Gasteiger partial charge is 0.233 e. The molecule has 1 aromatic carbocycles. The Morgan fingerprint density at radius 1 is 1.07 bits per heavy atom. The molecule has 8 nitrogen and oxygen atoms in total. The summed E-state index contributed by atoms with van der Waals surface area (Å²) >= 11 is 0. The third-order valence-corrected chi connectivity index (χ3v) is 3.90. The van der Waals surface area contributed by atoms with Gasteiger partial charge in [-0.05, 0) is 35.9 Å². The zero-order valence-corrected chi connectivity index (χ0v) is 15.7. The van der Waals surface area contributed by atoms with Gasteiger partial charge in [-0.15, -0.1) is 10.2 Å². The minimum Gasteiger partial charge on any atom is -0.493 e. The maximum atomic E-state index is 12.1. The molecule has 146 valence electrons. The van der Waals surface area contributed by atoms with Crippen molar-refractivity contribution in [2.45, 2.75) is 6.42 Å². The van der Waals surface area contributed by atoms with Crippen molar-refractivity contribution in [2.75, 3.05) is 27.4 Å². The van der Waals surface area contributed by atoms with Crippen molar-refractivity contribution in [3.05, 3.63) is 54.3 Å². The van der Waals surface area contributed by atoms with Crippen LogP contribution in [0.2, 0.25) is 0 Å². The van der Waals surface area contributed by atoms with Crippen LogP contribution < -0.4 is 19.5 Å². The second-order valence-electron chi connectivity index (χ2n) is 5.80. The van der Waals surface area contributed by atoms with E-state index >= 15 is 0 Å². The Labute approximate surface area is 162 Å². The zero-order valence-electron chi connectivity index (χ0n) is 15.7. The lowest BCUT2D eigenvalue weighted by Gasteiger charge is -2.10. The highest BCUT2D eigenvalue weighted by molar-refractivity contribution is 5.78. The Morgan fingerprint density at radius 2 is 1.93 bits per heavy atom. The van der Waals surface area contributed by atoms with Crippen LogP contribution in [0.5, 0.6) is 17.4 Å². The van der Waals surface area contributed by atoms with Gasteiger partial charge in [-0.1, -0.05) is 6.07 Å². The summed E-state index contributed by atoms with van der Waals surface area (Å²) in [6.07, 6.45) is 1.81. The second-order valence-corrected chi connectivity index (χ2v) is 5.80. The molecule has 0 unspecified atom stereocenters. The van der Waals surface area contributed by atoms with Gasteiger partial charge in [0.05, 0.1) is 33.4 Å². The number of amides is 1. The van der Waals surface area contributed by atoms with Crippen molar-refractivity contribution in [1.29, 1.82) is 0 Å². The summed E-state index contributed by atoms with van der Waals surface area (Å²) in [6, 6.07) is 12.4. The van der Waals surface area contributed by atoms with E-state index in [0.29, 0.717) is 35.4 Å². The molecular weight excluding hydrogens is 362 g/mol. The number of carbonyl (C=O) groups is 1. The standard InChI is InChI=1S/C20H21N3O5/c1-25-17-7-5-14(12-18(17)26-2)13-19(24)21-9-11-28-20-8-6-15(22-23-20)16-4-3-10-27-16/h3-8,10,12H,9,11,13H2,1-2H3,(H,21,24). The van der Waals surface area contributed by atoms with Crippen molar-refractivity contribution in [3.8, 4) is 28.8 Å². The quantitative estimate of drug-likeness (QED) is 0.567. The van der Waals surface area contributed by atoms with Crippen molar-refractivity contribution < 1.29 is 23.4 Å². The van der Waals surface area contributed by atoms with Crippen molar-refractivity contribution in [1.82, 2.24) is 15.5 Å². The van der Waals surface area contributed by atoms with E-state index in [-0.39, 0.29) is 18.9 Å². The molecule has 28 heavy (non-hydrogen) atoms. The van der Waals surface area contributed by atoms with E-state index in [4.69, 9.17) is 18.6 Å². The van der Waals surface area contributed by atoms with E-state index in [9.17, 15) is 4.79 Å². The van der Waals surface area contributed by atoms with Crippen LogP contribution in [0.25, 0.3) is 11.5 Å². The number of aromatic nitrogens is 2. The van der Waals surface area contributed by atoms with Crippen LogP contribution in [-0.2, 0) is 11.2 Å². The molecule has 0 bridgehead atoms. The number of hydrogen-bond donors (Lipinski definition) is 1. The summed E-state index contributed by atoms with van der Waals surface area (Å²) in [7, 11) is 3.13. The van der Waals surface area contributed by atoms with Gasteiger partial charge < -0.3 is 23.9 Å². The van der Waals surface area contributed by atoms with Gasteiger partial charge in [-0.25, -0.2) is 0 Å². The monoisotopic (exact) mass is 383 g/mol. The zero-order chi connectivity index (χ0) is 19.8. The highest BCUT2D eigenvalue weighted by Crippen LogP contribution is 2.27. The van der Waals surface area contributed by atoms with E-state index < -0.39 is 0 Å². The maximum Gasteiger partial charge on any atom is 0.233 e. The molecule has 0 atom stereocenters. The third kappa shape index (κ3) is 5.00. The molecule has 2 aromatic heterocycles. The van der Waals surface area contributed by atoms with Crippen LogP contribution in [0.3, 0.4) is 0 Å². The predicted molar refractivity (Wildman–Crippen MR) is 101 cm³/mol. The van der Waals surface area contributed by atoms with E-state index in [1.807, 2.05) is 6.07 Å². The predicted octanol–water partition coefficient (Wildman–Crippen LogP) is 2.49. The highest BCUT2D eigenvalue weighted by Gasteiger charge is 2.08. The number of carbonyl (C=O) groups excluding carboxylic acids is 1. The number of rotatable bonds is 9.